The number of rotatable bonds is 5. The molecular formula is C10H6F4O3. The van der Waals surface area contributed by atoms with Crippen LogP contribution in [0.1, 0.15) is 32.7 Å². The highest BCUT2D eigenvalue weighted by Crippen LogP contribution is 2.33. The first kappa shape index (κ1) is 13.1. The van der Waals surface area contributed by atoms with Gasteiger partial charge in [0.15, 0.2) is 6.29 Å². The van der Waals surface area contributed by atoms with Crippen LogP contribution >= 0.6 is 0 Å². The van der Waals surface area contributed by atoms with Crippen LogP contribution in [0.4, 0.5) is 17.6 Å². The summed E-state index contributed by atoms with van der Waals surface area (Å²) < 4.78 is 53.0. The van der Waals surface area contributed by atoms with Crippen LogP contribution in [0.15, 0.2) is 12.1 Å². The second-order valence-corrected chi connectivity index (χ2v) is 2.94. The van der Waals surface area contributed by atoms with Gasteiger partial charge in [0.2, 0.25) is 0 Å². The van der Waals surface area contributed by atoms with Crippen molar-refractivity contribution in [2.45, 2.75) is 13.0 Å². The second kappa shape index (κ2) is 5.42. The highest BCUT2D eigenvalue weighted by molar-refractivity contribution is 5.86. The van der Waals surface area contributed by atoms with E-state index in [2.05, 4.69) is 4.74 Å². The normalized spacial score (nSPS) is 10.7. The zero-order chi connectivity index (χ0) is 13.0. The molecule has 17 heavy (non-hydrogen) atoms. The molecule has 0 unspecified atom stereocenters. The van der Waals surface area contributed by atoms with Gasteiger partial charge in [0, 0.05) is 5.56 Å². The van der Waals surface area contributed by atoms with Crippen LogP contribution in [-0.2, 0) is 0 Å². The molecule has 1 rings (SSSR count). The monoisotopic (exact) mass is 250 g/mol. The van der Waals surface area contributed by atoms with Gasteiger partial charge >= 0.3 is 6.61 Å². The van der Waals surface area contributed by atoms with Crippen molar-refractivity contribution in [3.63, 3.8) is 0 Å². The maximum Gasteiger partial charge on any atom is 0.387 e. The molecule has 1 aromatic rings. The molecule has 0 radical (unpaired) electrons. The predicted octanol–water partition coefficient (Wildman–Crippen LogP) is 2.85. The van der Waals surface area contributed by atoms with Crippen molar-refractivity contribution in [3.8, 4) is 5.75 Å². The number of carbonyl (C=O) groups is 2. The number of alkyl halides is 4. The summed E-state index contributed by atoms with van der Waals surface area (Å²) in [4.78, 5) is 21.0. The van der Waals surface area contributed by atoms with E-state index in [0.29, 0.717) is 6.07 Å². The van der Waals surface area contributed by atoms with Crippen LogP contribution in [0.2, 0.25) is 0 Å². The standard InChI is InChI=1S/C10H6F4O3/c11-9(12)7-2-5(3-15)1-6(4-16)8(7)17-10(13)14/h1-4,9-10H. The Morgan fingerprint density at radius 3 is 2.12 bits per heavy atom. The SMILES string of the molecule is O=Cc1cc(C=O)c(OC(F)F)c(C(F)F)c1. The van der Waals surface area contributed by atoms with E-state index < -0.39 is 29.9 Å². The third-order valence-corrected chi connectivity index (χ3v) is 1.87. The van der Waals surface area contributed by atoms with Crippen molar-refractivity contribution >= 4 is 12.6 Å². The highest BCUT2D eigenvalue weighted by Gasteiger charge is 2.21. The van der Waals surface area contributed by atoms with Crippen LogP contribution in [0.3, 0.4) is 0 Å². The number of benzene rings is 1. The predicted molar refractivity (Wildman–Crippen MR) is 48.8 cm³/mol. The van der Waals surface area contributed by atoms with E-state index in [1.165, 1.54) is 0 Å². The Labute approximate surface area is 93.0 Å². The van der Waals surface area contributed by atoms with E-state index >= 15 is 0 Å². The van der Waals surface area contributed by atoms with Crippen LogP contribution < -0.4 is 4.74 Å². The first-order valence-corrected chi connectivity index (χ1v) is 4.30. The molecule has 0 saturated carbocycles. The number of aldehydes is 2. The molecule has 0 atom stereocenters. The molecule has 0 aliphatic heterocycles. The average Bonchev–Trinajstić information content (AvgIpc) is 2.28. The minimum Gasteiger partial charge on any atom is -0.434 e. The smallest absolute Gasteiger partial charge is 0.387 e. The van der Waals surface area contributed by atoms with Gasteiger partial charge in [-0.3, -0.25) is 9.59 Å². The first-order valence-electron chi connectivity index (χ1n) is 4.30. The zero-order valence-electron chi connectivity index (χ0n) is 8.20. The summed E-state index contributed by atoms with van der Waals surface area (Å²) in [6.45, 7) is -3.34. The summed E-state index contributed by atoms with van der Waals surface area (Å²) in [6.07, 6.45) is -2.84. The summed E-state index contributed by atoms with van der Waals surface area (Å²) in [5.41, 5.74) is -1.66. The number of ether oxygens (including phenoxy) is 1. The number of halogens is 4. The van der Waals surface area contributed by atoms with E-state index in [-0.39, 0.29) is 18.1 Å². The third kappa shape index (κ3) is 3.02. The van der Waals surface area contributed by atoms with Gasteiger partial charge in [0.1, 0.15) is 12.0 Å². The molecule has 0 aromatic heterocycles. The Balaban J connectivity index is 3.40. The van der Waals surface area contributed by atoms with Gasteiger partial charge in [-0.1, -0.05) is 0 Å². The lowest BCUT2D eigenvalue weighted by atomic mass is 10.1. The lowest BCUT2D eigenvalue weighted by Crippen LogP contribution is -2.08. The van der Waals surface area contributed by atoms with E-state index in [4.69, 9.17) is 0 Å². The Kier molecular flexibility index (Phi) is 4.19. The molecule has 0 fully saturated rings. The molecule has 0 bridgehead atoms. The van der Waals surface area contributed by atoms with Crippen molar-refractivity contribution in [3.05, 3.63) is 28.8 Å². The van der Waals surface area contributed by atoms with Crippen molar-refractivity contribution in [1.82, 2.24) is 0 Å². The molecule has 1 aromatic carbocycles. The van der Waals surface area contributed by atoms with Gasteiger partial charge in [-0.25, -0.2) is 8.78 Å². The fourth-order valence-electron chi connectivity index (χ4n) is 1.24. The quantitative estimate of drug-likeness (QED) is 0.596. The van der Waals surface area contributed by atoms with Crippen molar-refractivity contribution in [2.24, 2.45) is 0 Å². The Hall–Kier alpha value is -1.92. The van der Waals surface area contributed by atoms with Gasteiger partial charge in [0.05, 0.1) is 11.1 Å². The summed E-state index contributed by atoms with van der Waals surface area (Å²) in [5.74, 6) is -0.907. The molecule has 7 heteroatoms. The summed E-state index contributed by atoms with van der Waals surface area (Å²) in [7, 11) is 0. The Morgan fingerprint density at radius 1 is 1.06 bits per heavy atom. The van der Waals surface area contributed by atoms with E-state index in [1.807, 2.05) is 0 Å². The number of hydrogen-bond acceptors (Lipinski definition) is 3. The molecule has 0 spiro atoms. The molecule has 0 aliphatic carbocycles. The van der Waals surface area contributed by atoms with Gasteiger partial charge in [0.25, 0.3) is 6.43 Å². The fraction of sp³-hybridized carbons (Fsp3) is 0.200. The minimum atomic E-state index is -3.34. The summed E-state index contributed by atoms with van der Waals surface area (Å²) in [5, 5.41) is 0. The fourth-order valence-corrected chi connectivity index (χ4v) is 1.24. The molecular weight excluding hydrogens is 244 g/mol. The Morgan fingerprint density at radius 2 is 1.71 bits per heavy atom. The van der Waals surface area contributed by atoms with Crippen LogP contribution in [0, 0.1) is 0 Å². The molecule has 0 saturated heterocycles. The summed E-state index contributed by atoms with van der Waals surface area (Å²) in [6, 6.07) is 1.59. The van der Waals surface area contributed by atoms with Crippen molar-refractivity contribution in [1.29, 1.82) is 0 Å². The molecule has 0 aliphatic rings. The van der Waals surface area contributed by atoms with Crippen molar-refractivity contribution in [2.75, 3.05) is 0 Å². The molecule has 0 amide bonds. The van der Waals surface area contributed by atoms with Gasteiger partial charge in [-0.2, -0.15) is 8.78 Å². The van der Waals surface area contributed by atoms with E-state index in [0.717, 1.165) is 6.07 Å². The lowest BCUT2D eigenvalue weighted by Gasteiger charge is -2.12. The van der Waals surface area contributed by atoms with Crippen LogP contribution in [0.25, 0.3) is 0 Å². The Bertz CT molecular complexity index is 432. The van der Waals surface area contributed by atoms with Gasteiger partial charge < -0.3 is 4.74 Å². The topological polar surface area (TPSA) is 43.4 Å². The van der Waals surface area contributed by atoms with Crippen LogP contribution in [0.5, 0.6) is 5.75 Å². The largest absolute Gasteiger partial charge is 0.434 e. The van der Waals surface area contributed by atoms with Gasteiger partial charge in [-0.15, -0.1) is 0 Å². The maximum absolute atomic E-state index is 12.6. The molecule has 92 valence electrons. The molecule has 0 heterocycles. The second-order valence-electron chi connectivity index (χ2n) is 2.94. The minimum absolute atomic E-state index is 0.0661. The number of hydrogen-bond donors (Lipinski definition) is 0. The first-order chi connectivity index (χ1) is 7.99. The maximum atomic E-state index is 12.6. The zero-order valence-corrected chi connectivity index (χ0v) is 8.20. The lowest BCUT2D eigenvalue weighted by molar-refractivity contribution is -0.0522. The van der Waals surface area contributed by atoms with Gasteiger partial charge in [-0.05, 0) is 12.1 Å². The van der Waals surface area contributed by atoms with Crippen molar-refractivity contribution < 1.29 is 31.9 Å². The molecule has 3 nitrogen and oxygen atoms in total. The highest BCUT2D eigenvalue weighted by atomic mass is 19.3. The van der Waals surface area contributed by atoms with E-state index in [1.54, 1.807) is 0 Å². The summed E-state index contributed by atoms with van der Waals surface area (Å²) >= 11 is 0. The average molecular weight is 250 g/mol. The number of carbonyl (C=O) groups excluding carboxylic acids is 2. The van der Waals surface area contributed by atoms with Crippen LogP contribution in [-0.4, -0.2) is 19.2 Å². The van der Waals surface area contributed by atoms with E-state index in [9.17, 15) is 27.2 Å². The molecule has 0 N–H and O–H groups in total. The third-order valence-electron chi connectivity index (χ3n) is 1.87.